The number of rotatable bonds is 4. The van der Waals surface area contributed by atoms with E-state index in [1.54, 1.807) is 19.5 Å². The Hall–Kier alpha value is -1.31. The summed E-state index contributed by atoms with van der Waals surface area (Å²) in [6.07, 6.45) is 3.45. The molecule has 1 aromatic rings. The zero-order valence-corrected chi connectivity index (χ0v) is 11.9. The van der Waals surface area contributed by atoms with E-state index >= 15 is 0 Å². The van der Waals surface area contributed by atoms with Crippen molar-refractivity contribution in [2.75, 3.05) is 20.3 Å². The highest BCUT2D eigenvalue weighted by Gasteiger charge is 2.07. The Labute approximate surface area is 104 Å². The van der Waals surface area contributed by atoms with Crippen LogP contribution in [0, 0.1) is 11.5 Å². The minimum Gasteiger partial charge on any atom is -0.490 e. The molecule has 0 atom stereocenters. The van der Waals surface area contributed by atoms with Crippen molar-refractivity contribution < 1.29 is 9.47 Å². The molecular weight excluding hydrogens is 230 g/mol. The van der Waals surface area contributed by atoms with Crippen LogP contribution in [0.3, 0.4) is 0 Å². The maximum Gasteiger partial charge on any atom is 0.138 e. The number of hydrogen-bond donors (Lipinski definition) is 0. The molecule has 0 bridgehead atoms. The highest BCUT2D eigenvalue weighted by atomic mass is 28.3. The molecule has 4 heteroatoms. The molecule has 0 amide bonds. The van der Waals surface area contributed by atoms with Crippen molar-refractivity contribution in [1.29, 1.82) is 0 Å². The van der Waals surface area contributed by atoms with E-state index in [-0.39, 0.29) is 0 Å². The normalized spacial score (nSPS) is 10.6. The maximum absolute atomic E-state index is 5.48. The molecule has 92 valence electrons. The van der Waals surface area contributed by atoms with Crippen molar-refractivity contribution in [2.45, 2.75) is 19.6 Å². The Morgan fingerprint density at radius 2 is 2.00 bits per heavy atom. The van der Waals surface area contributed by atoms with Crippen molar-refractivity contribution in [2.24, 2.45) is 0 Å². The van der Waals surface area contributed by atoms with Gasteiger partial charge in [-0.05, 0) is 6.07 Å². The fourth-order valence-corrected chi connectivity index (χ4v) is 1.59. The molecule has 0 aliphatic rings. The van der Waals surface area contributed by atoms with E-state index in [0.717, 1.165) is 11.3 Å². The van der Waals surface area contributed by atoms with Crippen LogP contribution < -0.4 is 4.74 Å². The van der Waals surface area contributed by atoms with Gasteiger partial charge in [0, 0.05) is 18.9 Å². The van der Waals surface area contributed by atoms with Crippen LogP contribution in [-0.2, 0) is 4.74 Å². The van der Waals surface area contributed by atoms with Gasteiger partial charge in [0.2, 0.25) is 0 Å². The smallest absolute Gasteiger partial charge is 0.138 e. The molecule has 0 fully saturated rings. The molecule has 0 saturated heterocycles. The standard InChI is InChI=1S/C13H19NO2Si/c1-15-6-7-16-13-9-12(10-14-11-13)5-8-17(2,3)4/h9-11H,6-7H2,1-4H3. The van der Waals surface area contributed by atoms with Crippen LogP contribution in [0.1, 0.15) is 5.56 Å². The van der Waals surface area contributed by atoms with Gasteiger partial charge in [-0.1, -0.05) is 25.6 Å². The van der Waals surface area contributed by atoms with Gasteiger partial charge in [0.25, 0.3) is 0 Å². The van der Waals surface area contributed by atoms with E-state index in [1.807, 2.05) is 6.07 Å². The largest absolute Gasteiger partial charge is 0.490 e. The first kappa shape index (κ1) is 13.8. The van der Waals surface area contributed by atoms with Crippen molar-refractivity contribution in [3.05, 3.63) is 24.0 Å². The van der Waals surface area contributed by atoms with Crippen molar-refractivity contribution in [1.82, 2.24) is 4.98 Å². The third-order valence-corrected chi connectivity index (χ3v) is 2.73. The lowest BCUT2D eigenvalue weighted by atomic mass is 10.3. The van der Waals surface area contributed by atoms with Gasteiger partial charge in [-0.25, -0.2) is 0 Å². The van der Waals surface area contributed by atoms with Crippen LogP contribution in [0.15, 0.2) is 18.5 Å². The quantitative estimate of drug-likeness (QED) is 0.466. The lowest BCUT2D eigenvalue weighted by molar-refractivity contribution is 0.146. The molecular formula is C13H19NO2Si. The van der Waals surface area contributed by atoms with Crippen molar-refractivity contribution in [3.63, 3.8) is 0 Å². The van der Waals surface area contributed by atoms with Gasteiger partial charge in [-0.15, -0.1) is 5.54 Å². The molecule has 3 nitrogen and oxygen atoms in total. The number of aromatic nitrogens is 1. The summed E-state index contributed by atoms with van der Waals surface area (Å²) < 4.78 is 10.4. The molecule has 1 rings (SSSR count). The van der Waals surface area contributed by atoms with Gasteiger partial charge in [-0.3, -0.25) is 4.98 Å². The van der Waals surface area contributed by atoms with Gasteiger partial charge in [0.05, 0.1) is 12.8 Å². The number of pyridine rings is 1. The van der Waals surface area contributed by atoms with Gasteiger partial charge in [0.15, 0.2) is 0 Å². The summed E-state index contributed by atoms with van der Waals surface area (Å²) in [5.41, 5.74) is 4.21. The molecule has 0 N–H and O–H groups in total. The number of nitrogens with zero attached hydrogens (tertiary/aromatic N) is 1. The topological polar surface area (TPSA) is 31.4 Å². The monoisotopic (exact) mass is 249 g/mol. The van der Waals surface area contributed by atoms with Crippen LogP contribution in [0.2, 0.25) is 19.6 Å². The summed E-state index contributed by atoms with van der Waals surface area (Å²) in [6.45, 7) is 7.75. The molecule has 1 heterocycles. The summed E-state index contributed by atoms with van der Waals surface area (Å²) in [4.78, 5) is 4.11. The van der Waals surface area contributed by atoms with Crippen LogP contribution in [0.4, 0.5) is 0 Å². The van der Waals surface area contributed by atoms with E-state index in [9.17, 15) is 0 Å². The SMILES string of the molecule is COCCOc1cncc(C#C[Si](C)(C)C)c1. The first-order valence-electron chi connectivity index (χ1n) is 5.61. The molecule has 0 aromatic carbocycles. The van der Waals surface area contributed by atoms with E-state index in [2.05, 4.69) is 36.1 Å². The first-order valence-corrected chi connectivity index (χ1v) is 9.11. The zero-order valence-electron chi connectivity index (χ0n) is 10.9. The van der Waals surface area contributed by atoms with E-state index in [0.29, 0.717) is 13.2 Å². The van der Waals surface area contributed by atoms with Crippen LogP contribution in [-0.4, -0.2) is 33.4 Å². The molecule has 17 heavy (non-hydrogen) atoms. The molecule has 1 aromatic heterocycles. The number of hydrogen-bond acceptors (Lipinski definition) is 3. The van der Waals surface area contributed by atoms with Crippen LogP contribution in [0.5, 0.6) is 5.75 Å². The minimum absolute atomic E-state index is 0.531. The van der Waals surface area contributed by atoms with E-state index < -0.39 is 8.07 Å². The maximum atomic E-state index is 5.48. The van der Waals surface area contributed by atoms with Crippen molar-refractivity contribution >= 4 is 8.07 Å². The Bertz CT molecular complexity index is 415. The number of methoxy groups -OCH3 is 1. The lowest BCUT2D eigenvalue weighted by Crippen LogP contribution is -2.16. The minimum atomic E-state index is -1.34. The van der Waals surface area contributed by atoms with Gasteiger partial charge < -0.3 is 9.47 Å². The Balaban J connectivity index is 2.68. The van der Waals surface area contributed by atoms with Crippen LogP contribution in [0.25, 0.3) is 0 Å². The third kappa shape index (κ3) is 6.10. The lowest BCUT2D eigenvalue weighted by Gasteiger charge is -2.05. The Morgan fingerprint density at radius 3 is 2.65 bits per heavy atom. The predicted molar refractivity (Wildman–Crippen MR) is 71.8 cm³/mol. The van der Waals surface area contributed by atoms with E-state index in [1.165, 1.54) is 0 Å². The molecule has 0 aliphatic heterocycles. The summed E-state index contributed by atoms with van der Waals surface area (Å²) in [6, 6.07) is 1.91. The summed E-state index contributed by atoms with van der Waals surface area (Å²) in [7, 11) is 0.312. The number of ether oxygens (including phenoxy) is 2. The highest BCUT2D eigenvalue weighted by Crippen LogP contribution is 2.10. The summed E-state index contributed by atoms with van der Waals surface area (Å²) in [5.74, 6) is 3.89. The fraction of sp³-hybridized carbons (Fsp3) is 0.462. The second-order valence-corrected chi connectivity index (χ2v) is 9.50. The van der Waals surface area contributed by atoms with Gasteiger partial charge in [-0.2, -0.15) is 0 Å². The zero-order chi connectivity index (χ0) is 12.7. The predicted octanol–water partition coefficient (Wildman–Crippen LogP) is 2.34. The fourth-order valence-electron chi connectivity index (χ4n) is 1.07. The molecule has 0 aliphatic carbocycles. The van der Waals surface area contributed by atoms with Gasteiger partial charge in [0.1, 0.15) is 20.4 Å². The molecule has 0 radical (unpaired) electrons. The van der Waals surface area contributed by atoms with Gasteiger partial charge >= 0.3 is 0 Å². The summed E-state index contributed by atoms with van der Waals surface area (Å²) in [5, 5.41) is 0. The van der Waals surface area contributed by atoms with Crippen molar-refractivity contribution in [3.8, 4) is 17.2 Å². The average Bonchev–Trinajstić information content (AvgIpc) is 2.27. The molecule has 0 spiro atoms. The second kappa shape index (κ2) is 6.43. The summed E-state index contributed by atoms with van der Waals surface area (Å²) >= 11 is 0. The highest BCUT2D eigenvalue weighted by molar-refractivity contribution is 6.83. The first-order chi connectivity index (χ1) is 8.01. The average molecular weight is 249 g/mol. The second-order valence-electron chi connectivity index (χ2n) is 4.75. The molecule has 0 unspecified atom stereocenters. The third-order valence-electron chi connectivity index (χ3n) is 1.85. The van der Waals surface area contributed by atoms with E-state index in [4.69, 9.17) is 9.47 Å². The Morgan fingerprint density at radius 1 is 1.24 bits per heavy atom. The molecule has 0 saturated carbocycles. The Kier molecular flexibility index (Phi) is 5.20. The van der Waals surface area contributed by atoms with Crippen LogP contribution >= 0.6 is 0 Å².